The number of nitrogens with one attached hydrogen (secondary N) is 1. The highest BCUT2D eigenvalue weighted by Gasteiger charge is 2.31. The molecular formula is C16H23NO2Si. The van der Waals surface area contributed by atoms with Crippen LogP contribution in [0.4, 0.5) is 4.79 Å². The minimum absolute atomic E-state index is 0.341. The SMILES string of the molecule is CC1(NC(=O)OCC[Si](C)(C)C)C=Cc2ccccc21. The summed E-state index contributed by atoms with van der Waals surface area (Å²) in [4.78, 5) is 11.9. The van der Waals surface area contributed by atoms with Crippen molar-refractivity contribution in [3.8, 4) is 0 Å². The molecule has 0 aliphatic heterocycles. The molecule has 0 saturated heterocycles. The molecule has 0 bridgehead atoms. The van der Waals surface area contributed by atoms with Crippen molar-refractivity contribution in [2.24, 2.45) is 0 Å². The maximum Gasteiger partial charge on any atom is 0.408 e. The van der Waals surface area contributed by atoms with Gasteiger partial charge in [0.1, 0.15) is 0 Å². The third-order valence-electron chi connectivity index (χ3n) is 3.56. The molecular weight excluding hydrogens is 266 g/mol. The molecule has 0 aromatic heterocycles. The van der Waals surface area contributed by atoms with Crippen molar-refractivity contribution < 1.29 is 9.53 Å². The van der Waals surface area contributed by atoms with Gasteiger partial charge in [-0.1, -0.05) is 56.1 Å². The lowest BCUT2D eigenvalue weighted by Crippen LogP contribution is -2.41. The molecule has 1 aromatic carbocycles. The van der Waals surface area contributed by atoms with E-state index in [1.54, 1.807) is 0 Å². The van der Waals surface area contributed by atoms with Crippen molar-refractivity contribution in [3.63, 3.8) is 0 Å². The van der Waals surface area contributed by atoms with E-state index in [-0.39, 0.29) is 6.09 Å². The van der Waals surface area contributed by atoms with E-state index in [1.807, 2.05) is 37.3 Å². The minimum Gasteiger partial charge on any atom is -0.450 e. The summed E-state index contributed by atoms with van der Waals surface area (Å²) in [6.45, 7) is 9.31. The van der Waals surface area contributed by atoms with Gasteiger partial charge < -0.3 is 10.1 Å². The molecule has 108 valence electrons. The quantitative estimate of drug-likeness (QED) is 0.851. The molecule has 0 spiro atoms. The zero-order chi connectivity index (χ0) is 14.8. The Morgan fingerprint density at radius 2 is 2.00 bits per heavy atom. The molecule has 1 unspecified atom stereocenters. The number of benzene rings is 1. The van der Waals surface area contributed by atoms with Crippen LogP contribution in [0.15, 0.2) is 30.3 Å². The first-order valence-electron chi connectivity index (χ1n) is 7.04. The van der Waals surface area contributed by atoms with Gasteiger partial charge in [0.15, 0.2) is 0 Å². The number of hydrogen-bond acceptors (Lipinski definition) is 2. The normalized spacial score (nSPS) is 20.6. The fraction of sp³-hybridized carbons (Fsp3) is 0.438. The van der Waals surface area contributed by atoms with Crippen LogP contribution in [-0.2, 0) is 10.3 Å². The van der Waals surface area contributed by atoms with E-state index in [0.717, 1.165) is 17.2 Å². The van der Waals surface area contributed by atoms with Crippen LogP contribution in [0.5, 0.6) is 0 Å². The Morgan fingerprint density at radius 3 is 2.70 bits per heavy atom. The first kappa shape index (κ1) is 14.8. The molecule has 0 saturated carbocycles. The molecule has 0 fully saturated rings. The summed E-state index contributed by atoms with van der Waals surface area (Å²) in [5.41, 5.74) is 1.80. The minimum atomic E-state index is -1.16. The Morgan fingerprint density at radius 1 is 1.30 bits per heavy atom. The average Bonchev–Trinajstić information content (AvgIpc) is 2.66. The maximum atomic E-state index is 11.9. The van der Waals surface area contributed by atoms with Gasteiger partial charge in [-0.3, -0.25) is 0 Å². The first-order valence-corrected chi connectivity index (χ1v) is 10.7. The second-order valence-corrected chi connectivity index (χ2v) is 12.3. The number of carbonyl (C=O) groups excluding carboxylic acids is 1. The van der Waals surface area contributed by atoms with Crippen molar-refractivity contribution in [2.75, 3.05) is 6.61 Å². The van der Waals surface area contributed by atoms with Crippen molar-refractivity contribution in [1.29, 1.82) is 0 Å². The summed E-state index contributed by atoms with van der Waals surface area (Å²) in [6, 6.07) is 9.07. The number of fused-ring (bicyclic) bond motifs is 1. The van der Waals surface area contributed by atoms with Crippen molar-refractivity contribution in [3.05, 3.63) is 41.5 Å². The molecule has 0 radical (unpaired) electrons. The summed E-state index contributed by atoms with van der Waals surface area (Å²) < 4.78 is 5.31. The third kappa shape index (κ3) is 3.51. The highest BCUT2D eigenvalue weighted by Crippen LogP contribution is 2.33. The summed E-state index contributed by atoms with van der Waals surface area (Å²) in [5, 5.41) is 2.97. The lowest BCUT2D eigenvalue weighted by Gasteiger charge is -2.25. The van der Waals surface area contributed by atoms with Gasteiger partial charge in [0, 0.05) is 8.07 Å². The highest BCUT2D eigenvalue weighted by molar-refractivity contribution is 6.76. The van der Waals surface area contributed by atoms with Crippen LogP contribution in [0.3, 0.4) is 0 Å². The molecule has 2 rings (SSSR count). The van der Waals surface area contributed by atoms with Gasteiger partial charge in [0.2, 0.25) is 0 Å². The van der Waals surface area contributed by atoms with Gasteiger partial charge in [-0.2, -0.15) is 0 Å². The second kappa shape index (κ2) is 5.44. The predicted molar refractivity (Wildman–Crippen MR) is 85.5 cm³/mol. The molecule has 3 nitrogen and oxygen atoms in total. The number of hydrogen-bond donors (Lipinski definition) is 1. The van der Waals surface area contributed by atoms with Crippen LogP contribution in [0.1, 0.15) is 18.1 Å². The van der Waals surface area contributed by atoms with E-state index in [1.165, 1.54) is 0 Å². The molecule has 0 heterocycles. The summed E-state index contributed by atoms with van der Waals surface area (Å²) in [5.74, 6) is 0. The standard InChI is InChI=1S/C16H23NO2Si/c1-16(10-9-13-7-5-6-8-14(13)16)17-15(18)19-11-12-20(2,3)4/h5-10H,11-12H2,1-4H3,(H,17,18). The first-order chi connectivity index (χ1) is 9.30. The topological polar surface area (TPSA) is 38.3 Å². The predicted octanol–water partition coefficient (Wildman–Crippen LogP) is 3.99. The van der Waals surface area contributed by atoms with Crippen LogP contribution in [-0.4, -0.2) is 20.8 Å². The Kier molecular flexibility index (Phi) is 4.04. The van der Waals surface area contributed by atoms with E-state index in [4.69, 9.17) is 4.74 Å². The lowest BCUT2D eigenvalue weighted by atomic mass is 9.94. The molecule has 4 heteroatoms. The zero-order valence-corrected chi connectivity index (χ0v) is 13.7. The van der Waals surface area contributed by atoms with Crippen LogP contribution < -0.4 is 5.32 Å². The van der Waals surface area contributed by atoms with E-state index >= 15 is 0 Å². The molecule has 20 heavy (non-hydrogen) atoms. The summed E-state index contributed by atoms with van der Waals surface area (Å²) in [7, 11) is -1.16. The maximum absolute atomic E-state index is 11.9. The van der Waals surface area contributed by atoms with Gasteiger partial charge in [0.25, 0.3) is 0 Å². The fourth-order valence-corrected chi connectivity index (χ4v) is 2.98. The molecule has 1 aliphatic carbocycles. The van der Waals surface area contributed by atoms with Crippen LogP contribution in [0, 0.1) is 0 Å². The molecule has 1 amide bonds. The third-order valence-corrected chi connectivity index (χ3v) is 5.27. The van der Waals surface area contributed by atoms with Crippen LogP contribution in [0.2, 0.25) is 25.7 Å². The molecule has 1 atom stereocenters. The monoisotopic (exact) mass is 289 g/mol. The number of amides is 1. The van der Waals surface area contributed by atoms with Crippen molar-refractivity contribution in [1.82, 2.24) is 5.32 Å². The summed E-state index contributed by atoms with van der Waals surface area (Å²) in [6.07, 6.45) is 3.71. The lowest BCUT2D eigenvalue weighted by molar-refractivity contribution is 0.144. The van der Waals surface area contributed by atoms with Gasteiger partial charge in [0.05, 0.1) is 12.1 Å². The number of alkyl carbamates (subject to hydrolysis) is 1. The number of ether oxygens (including phenoxy) is 1. The Balaban J connectivity index is 1.94. The van der Waals surface area contributed by atoms with Crippen molar-refractivity contribution in [2.45, 2.75) is 38.1 Å². The van der Waals surface area contributed by atoms with E-state index in [9.17, 15) is 4.79 Å². The zero-order valence-electron chi connectivity index (χ0n) is 12.7. The Bertz CT molecular complexity index is 534. The van der Waals surface area contributed by atoms with Gasteiger partial charge >= 0.3 is 6.09 Å². The van der Waals surface area contributed by atoms with Gasteiger partial charge in [-0.25, -0.2) is 4.79 Å². The highest BCUT2D eigenvalue weighted by atomic mass is 28.3. The van der Waals surface area contributed by atoms with E-state index in [0.29, 0.717) is 6.61 Å². The Labute approximate surface area is 122 Å². The van der Waals surface area contributed by atoms with Gasteiger partial charge in [-0.05, 0) is 24.1 Å². The molecule has 1 aliphatic rings. The van der Waals surface area contributed by atoms with E-state index < -0.39 is 13.6 Å². The van der Waals surface area contributed by atoms with Gasteiger partial charge in [-0.15, -0.1) is 0 Å². The molecule has 1 N–H and O–H groups in total. The summed E-state index contributed by atoms with van der Waals surface area (Å²) >= 11 is 0. The molecule has 1 aromatic rings. The van der Waals surface area contributed by atoms with Crippen LogP contribution in [0.25, 0.3) is 6.08 Å². The smallest absolute Gasteiger partial charge is 0.408 e. The van der Waals surface area contributed by atoms with Crippen molar-refractivity contribution >= 4 is 20.2 Å². The van der Waals surface area contributed by atoms with Crippen LogP contribution >= 0.6 is 0 Å². The number of rotatable bonds is 4. The Hall–Kier alpha value is -1.55. The average molecular weight is 289 g/mol. The second-order valence-electron chi connectivity index (χ2n) is 6.69. The largest absolute Gasteiger partial charge is 0.450 e. The van der Waals surface area contributed by atoms with E-state index in [2.05, 4.69) is 31.0 Å². The number of carbonyl (C=O) groups is 1. The fourth-order valence-electron chi connectivity index (χ4n) is 2.27.